The molecule has 21 heavy (non-hydrogen) atoms. The Labute approximate surface area is 131 Å². The van der Waals surface area contributed by atoms with Crippen molar-refractivity contribution in [3.63, 3.8) is 0 Å². The summed E-state index contributed by atoms with van der Waals surface area (Å²) in [6.45, 7) is 7.76. The highest BCUT2D eigenvalue weighted by atomic mass is 15.2. The molecule has 0 aliphatic carbocycles. The van der Waals surface area contributed by atoms with E-state index in [-0.39, 0.29) is 0 Å². The van der Waals surface area contributed by atoms with Crippen molar-refractivity contribution in [2.45, 2.75) is 26.3 Å². The summed E-state index contributed by atoms with van der Waals surface area (Å²) in [5.74, 6) is 0.716. The van der Waals surface area contributed by atoms with Gasteiger partial charge in [-0.1, -0.05) is 38.1 Å². The molecule has 0 aliphatic heterocycles. The average Bonchev–Trinajstić information content (AvgIpc) is 2.43. The second-order valence-corrected chi connectivity index (χ2v) is 6.75. The number of nitrogens with one attached hydrogen (secondary N) is 1. The van der Waals surface area contributed by atoms with Crippen molar-refractivity contribution in [1.29, 1.82) is 0 Å². The molecule has 0 saturated carbocycles. The predicted molar refractivity (Wildman–Crippen MR) is 92.8 cm³/mol. The molecule has 0 aliphatic rings. The first-order valence-corrected chi connectivity index (χ1v) is 8.01. The number of benzene rings is 1. The first-order valence-electron chi connectivity index (χ1n) is 8.01. The Bertz CT molecular complexity index is 384. The number of likely N-dealkylation sites (N-methyl/N-ethyl adjacent to an activating group) is 3. The maximum atomic E-state index is 3.44. The van der Waals surface area contributed by atoms with Gasteiger partial charge in [-0.15, -0.1) is 0 Å². The number of hydrogen-bond acceptors (Lipinski definition) is 3. The molecule has 3 heteroatoms. The van der Waals surface area contributed by atoms with Crippen molar-refractivity contribution >= 4 is 0 Å². The van der Waals surface area contributed by atoms with E-state index < -0.39 is 0 Å². The number of nitrogens with zero attached hydrogens (tertiary/aromatic N) is 2. The molecular formula is C18H33N3. The van der Waals surface area contributed by atoms with Crippen LogP contribution in [0.1, 0.15) is 31.0 Å². The minimum atomic E-state index is 0.394. The third-order valence-electron chi connectivity index (χ3n) is 3.80. The molecule has 0 bridgehead atoms. The topological polar surface area (TPSA) is 18.5 Å². The molecule has 0 spiro atoms. The summed E-state index contributed by atoms with van der Waals surface area (Å²) in [5.41, 5.74) is 2.81. The highest BCUT2D eigenvalue weighted by Crippen LogP contribution is 2.16. The van der Waals surface area contributed by atoms with Crippen LogP contribution in [-0.4, -0.2) is 57.6 Å². The van der Waals surface area contributed by atoms with Gasteiger partial charge in [0.05, 0.1) is 0 Å². The number of hydrogen-bond donors (Lipinski definition) is 1. The normalized spacial score (nSPS) is 13.4. The Kier molecular flexibility index (Phi) is 7.94. The summed E-state index contributed by atoms with van der Waals surface area (Å²) in [6, 6.07) is 9.50. The molecule has 1 aromatic carbocycles. The van der Waals surface area contributed by atoms with Gasteiger partial charge in [0, 0.05) is 25.7 Å². The van der Waals surface area contributed by atoms with Gasteiger partial charge in [0.25, 0.3) is 0 Å². The minimum Gasteiger partial charge on any atom is -0.312 e. The zero-order chi connectivity index (χ0) is 15.8. The van der Waals surface area contributed by atoms with Gasteiger partial charge in [0.15, 0.2) is 0 Å². The Morgan fingerprint density at radius 3 is 2.10 bits per heavy atom. The fraction of sp³-hybridized carbons (Fsp3) is 0.667. The van der Waals surface area contributed by atoms with E-state index in [0.717, 1.165) is 26.1 Å². The van der Waals surface area contributed by atoms with Gasteiger partial charge in [0.1, 0.15) is 0 Å². The molecule has 0 saturated heterocycles. The van der Waals surface area contributed by atoms with E-state index in [1.54, 1.807) is 0 Å². The van der Waals surface area contributed by atoms with E-state index in [2.05, 4.69) is 74.4 Å². The summed E-state index contributed by atoms with van der Waals surface area (Å²) in [5, 5.41) is 3.44. The second-order valence-electron chi connectivity index (χ2n) is 6.75. The Morgan fingerprint density at radius 1 is 1.00 bits per heavy atom. The monoisotopic (exact) mass is 291 g/mol. The van der Waals surface area contributed by atoms with Crippen LogP contribution in [0, 0.1) is 5.92 Å². The molecule has 1 N–H and O–H groups in total. The van der Waals surface area contributed by atoms with Crippen LogP contribution in [0.5, 0.6) is 0 Å². The van der Waals surface area contributed by atoms with E-state index >= 15 is 0 Å². The Hall–Kier alpha value is -0.900. The molecule has 0 fully saturated rings. The Balaban J connectivity index is 2.58. The van der Waals surface area contributed by atoms with E-state index in [1.165, 1.54) is 11.1 Å². The molecular weight excluding hydrogens is 258 g/mol. The lowest BCUT2D eigenvalue weighted by Gasteiger charge is -2.25. The summed E-state index contributed by atoms with van der Waals surface area (Å²) in [7, 11) is 8.49. The highest BCUT2D eigenvalue weighted by Gasteiger charge is 2.12. The van der Waals surface area contributed by atoms with Crippen LogP contribution in [0.25, 0.3) is 0 Å². The molecule has 0 heterocycles. The highest BCUT2D eigenvalue weighted by molar-refractivity contribution is 5.25. The predicted octanol–water partition coefficient (Wildman–Crippen LogP) is 2.64. The van der Waals surface area contributed by atoms with Crippen LogP contribution >= 0.6 is 0 Å². The Morgan fingerprint density at radius 2 is 1.62 bits per heavy atom. The fourth-order valence-electron chi connectivity index (χ4n) is 2.49. The SMILES string of the molecule is CNC(CN(C)CCN(C)C)c1ccc(CC(C)C)cc1. The van der Waals surface area contributed by atoms with Gasteiger partial charge in [-0.25, -0.2) is 0 Å². The summed E-state index contributed by atoms with van der Waals surface area (Å²) in [6.07, 6.45) is 1.16. The first kappa shape index (κ1) is 18.1. The van der Waals surface area contributed by atoms with Crippen molar-refractivity contribution in [1.82, 2.24) is 15.1 Å². The summed E-state index contributed by atoms with van der Waals surface area (Å²) in [4.78, 5) is 4.62. The first-order chi connectivity index (χ1) is 9.92. The molecule has 0 amide bonds. The van der Waals surface area contributed by atoms with Crippen LogP contribution in [0.4, 0.5) is 0 Å². The third-order valence-corrected chi connectivity index (χ3v) is 3.80. The van der Waals surface area contributed by atoms with Gasteiger partial charge >= 0.3 is 0 Å². The van der Waals surface area contributed by atoms with E-state index in [4.69, 9.17) is 0 Å². The molecule has 120 valence electrons. The summed E-state index contributed by atoms with van der Waals surface area (Å²) >= 11 is 0. The van der Waals surface area contributed by atoms with Crippen molar-refractivity contribution < 1.29 is 0 Å². The van der Waals surface area contributed by atoms with Crippen LogP contribution in [0.15, 0.2) is 24.3 Å². The molecule has 1 unspecified atom stereocenters. The molecule has 3 nitrogen and oxygen atoms in total. The van der Waals surface area contributed by atoms with Crippen LogP contribution in [-0.2, 0) is 6.42 Å². The summed E-state index contributed by atoms with van der Waals surface area (Å²) < 4.78 is 0. The van der Waals surface area contributed by atoms with Crippen LogP contribution in [0.3, 0.4) is 0 Å². The largest absolute Gasteiger partial charge is 0.312 e. The van der Waals surface area contributed by atoms with Crippen molar-refractivity contribution in [2.24, 2.45) is 5.92 Å². The second kappa shape index (κ2) is 9.19. The maximum absolute atomic E-state index is 3.44. The zero-order valence-corrected chi connectivity index (χ0v) is 14.7. The van der Waals surface area contributed by atoms with E-state index in [9.17, 15) is 0 Å². The van der Waals surface area contributed by atoms with Gasteiger partial charge in [0.2, 0.25) is 0 Å². The quantitative estimate of drug-likeness (QED) is 0.754. The van der Waals surface area contributed by atoms with Gasteiger partial charge in [-0.2, -0.15) is 0 Å². The average molecular weight is 291 g/mol. The van der Waals surface area contributed by atoms with Crippen molar-refractivity contribution in [3.05, 3.63) is 35.4 Å². The molecule has 1 aromatic rings. The van der Waals surface area contributed by atoms with Crippen LogP contribution in [0.2, 0.25) is 0 Å². The van der Waals surface area contributed by atoms with Gasteiger partial charge in [-0.3, -0.25) is 0 Å². The molecule has 0 aromatic heterocycles. The zero-order valence-electron chi connectivity index (χ0n) is 14.7. The van der Waals surface area contributed by atoms with E-state index in [0.29, 0.717) is 12.0 Å². The lowest BCUT2D eigenvalue weighted by molar-refractivity contribution is 0.260. The lowest BCUT2D eigenvalue weighted by Crippen LogP contribution is -2.35. The van der Waals surface area contributed by atoms with Crippen molar-refractivity contribution in [2.75, 3.05) is 47.8 Å². The maximum Gasteiger partial charge on any atom is 0.0446 e. The molecule has 0 radical (unpaired) electrons. The van der Waals surface area contributed by atoms with Crippen molar-refractivity contribution in [3.8, 4) is 0 Å². The van der Waals surface area contributed by atoms with Gasteiger partial charge < -0.3 is 15.1 Å². The third kappa shape index (κ3) is 7.07. The molecule has 1 rings (SSSR count). The standard InChI is InChI=1S/C18H33N3/c1-15(2)13-16-7-9-17(10-8-16)18(19-3)14-21(6)12-11-20(4)5/h7-10,15,18-19H,11-14H2,1-6H3. The number of rotatable bonds is 9. The smallest absolute Gasteiger partial charge is 0.0446 e. The van der Waals surface area contributed by atoms with Crippen LogP contribution < -0.4 is 5.32 Å². The minimum absolute atomic E-state index is 0.394. The lowest BCUT2D eigenvalue weighted by atomic mass is 9.99. The van der Waals surface area contributed by atoms with E-state index in [1.807, 2.05) is 7.05 Å². The molecule has 1 atom stereocenters. The van der Waals surface area contributed by atoms with Gasteiger partial charge in [-0.05, 0) is 51.7 Å². The fourth-order valence-corrected chi connectivity index (χ4v) is 2.49.